The highest BCUT2D eigenvalue weighted by Gasteiger charge is 2.05. The Balaban J connectivity index is 2.22. The number of nitrogens with two attached hydrogens (primary N) is 1. The summed E-state index contributed by atoms with van der Waals surface area (Å²) in [6.07, 6.45) is -0.669. The molecule has 17 heavy (non-hydrogen) atoms. The monoisotopic (exact) mass is 258 g/mol. The molecule has 0 atom stereocenters. The smallest absolute Gasteiger partial charge is 0.407 e. The van der Waals surface area contributed by atoms with Crippen LogP contribution in [0.5, 0.6) is 0 Å². The first-order valence-electron chi connectivity index (χ1n) is 4.92. The molecule has 0 spiro atoms. The number of hydrogen-bond acceptors (Lipinski definition) is 4. The van der Waals surface area contributed by atoms with Gasteiger partial charge in [-0.15, -0.1) is 0 Å². The fourth-order valence-electron chi connectivity index (χ4n) is 1.07. The predicted octanol–water partition coefficient (Wildman–Crippen LogP) is 0.201. The lowest BCUT2D eigenvalue weighted by molar-refractivity contribution is 0.140. The number of sulfonamides is 1. The third-order valence-corrected chi connectivity index (χ3v) is 2.64. The van der Waals surface area contributed by atoms with E-state index in [0.717, 1.165) is 5.56 Å². The summed E-state index contributed by atoms with van der Waals surface area (Å²) in [5, 5.41) is 7.06. The quantitative estimate of drug-likeness (QED) is 0.788. The summed E-state index contributed by atoms with van der Waals surface area (Å²) in [5.41, 5.74) is 0.856. The number of alkyl carbamates (subject to hydrolysis) is 1. The lowest BCUT2D eigenvalue weighted by atomic mass is 10.2. The topological polar surface area (TPSA) is 98.5 Å². The van der Waals surface area contributed by atoms with Crippen LogP contribution in [0.1, 0.15) is 5.56 Å². The van der Waals surface area contributed by atoms with E-state index in [-0.39, 0.29) is 18.9 Å². The van der Waals surface area contributed by atoms with Gasteiger partial charge in [0.15, 0.2) is 0 Å². The SMILES string of the molecule is NS(=O)(=O)CCNC(=O)OCc1ccccc1. The largest absolute Gasteiger partial charge is 0.445 e. The second kappa shape index (κ2) is 6.21. The summed E-state index contributed by atoms with van der Waals surface area (Å²) in [7, 11) is -3.56. The van der Waals surface area contributed by atoms with E-state index in [2.05, 4.69) is 5.32 Å². The van der Waals surface area contributed by atoms with E-state index in [1.54, 1.807) is 0 Å². The highest BCUT2D eigenvalue weighted by atomic mass is 32.2. The third-order valence-electron chi connectivity index (χ3n) is 1.87. The highest BCUT2D eigenvalue weighted by molar-refractivity contribution is 7.89. The van der Waals surface area contributed by atoms with Crippen LogP contribution in [0.25, 0.3) is 0 Å². The lowest BCUT2D eigenvalue weighted by Crippen LogP contribution is -2.31. The summed E-state index contributed by atoms with van der Waals surface area (Å²) in [6.45, 7) is 0.0779. The molecule has 0 aliphatic rings. The molecule has 1 aromatic rings. The second-order valence-electron chi connectivity index (χ2n) is 3.36. The number of ether oxygens (including phenoxy) is 1. The maximum absolute atomic E-state index is 11.1. The van der Waals surface area contributed by atoms with Crippen molar-refractivity contribution in [2.45, 2.75) is 6.61 Å². The first-order chi connectivity index (χ1) is 7.97. The number of carbonyl (C=O) groups excluding carboxylic acids is 1. The Morgan fingerprint density at radius 2 is 1.94 bits per heavy atom. The Bertz CT molecular complexity index is 458. The van der Waals surface area contributed by atoms with E-state index < -0.39 is 16.1 Å². The van der Waals surface area contributed by atoms with Crippen molar-refractivity contribution in [1.29, 1.82) is 0 Å². The van der Waals surface area contributed by atoms with Crippen molar-refractivity contribution in [1.82, 2.24) is 5.32 Å². The van der Waals surface area contributed by atoms with Gasteiger partial charge < -0.3 is 10.1 Å². The minimum absolute atomic E-state index is 0.0630. The molecule has 0 aromatic heterocycles. The second-order valence-corrected chi connectivity index (χ2v) is 5.09. The van der Waals surface area contributed by atoms with Gasteiger partial charge in [-0.05, 0) is 5.56 Å². The van der Waals surface area contributed by atoms with Gasteiger partial charge in [0.2, 0.25) is 10.0 Å². The molecule has 3 N–H and O–H groups in total. The van der Waals surface area contributed by atoms with Gasteiger partial charge in [0, 0.05) is 6.54 Å². The van der Waals surface area contributed by atoms with E-state index >= 15 is 0 Å². The number of rotatable bonds is 5. The summed E-state index contributed by atoms with van der Waals surface area (Å²) in [6, 6.07) is 9.15. The molecule has 7 heteroatoms. The summed E-state index contributed by atoms with van der Waals surface area (Å²) in [5.74, 6) is -0.312. The molecule has 0 saturated carbocycles. The molecule has 1 amide bonds. The van der Waals surface area contributed by atoms with E-state index in [1.165, 1.54) is 0 Å². The molecule has 0 heterocycles. The maximum Gasteiger partial charge on any atom is 0.407 e. The van der Waals surface area contributed by atoms with Gasteiger partial charge in [0.25, 0.3) is 0 Å². The van der Waals surface area contributed by atoms with Crippen LogP contribution in [-0.2, 0) is 21.4 Å². The molecule has 94 valence electrons. The van der Waals surface area contributed by atoms with E-state index in [4.69, 9.17) is 9.88 Å². The standard InChI is InChI=1S/C10H14N2O4S/c11-17(14,15)7-6-12-10(13)16-8-9-4-2-1-3-5-9/h1-5H,6-8H2,(H,12,13)(H2,11,14,15). The average molecular weight is 258 g/mol. The van der Waals surface area contributed by atoms with Crippen molar-refractivity contribution in [3.63, 3.8) is 0 Å². The third kappa shape index (κ3) is 6.54. The van der Waals surface area contributed by atoms with Gasteiger partial charge in [0.1, 0.15) is 6.61 Å². The fourth-order valence-corrected chi connectivity index (χ4v) is 1.46. The Morgan fingerprint density at radius 3 is 2.53 bits per heavy atom. The minimum Gasteiger partial charge on any atom is -0.445 e. The van der Waals surface area contributed by atoms with Crippen LogP contribution in [-0.4, -0.2) is 26.8 Å². The number of nitrogens with one attached hydrogen (secondary N) is 1. The Morgan fingerprint density at radius 1 is 1.29 bits per heavy atom. The van der Waals surface area contributed by atoms with E-state index in [1.807, 2.05) is 30.3 Å². The molecule has 1 rings (SSSR count). The van der Waals surface area contributed by atoms with Crippen molar-refractivity contribution in [2.75, 3.05) is 12.3 Å². The number of hydrogen-bond donors (Lipinski definition) is 2. The van der Waals surface area contributed by atoms with Gasteiger partial charge in [0.05, 0.1) is 5.75 Å². The van der Waals surface area contributed by atoms with E-state index in [9.17, 15) is 13.2 Å². The van der Waals surface area contributed by atoms with Crippen LogP contribution < -0.4 is 10.5 Å². The lowest BCUT2D eigenvalue weighted by Gasteiger charge is -2.06. The zero-order chi connectivity index (χ0) is 12.7. The zero-order valence-corrected chi connectivity index (χ0v) is 9.94. The summed E-state index contributed by atoms with van der Waals surface area (Å²) >= 11 is 0. The first kappa shape index (κ1) is 13.5. The van der Waals surface area contributed by atoms with Gasteiger partial charge in [-0.3, -0.25) is 0 Å². The molecule has 0 saturated heterocycles. The number of benzene rings is 1. The molecule has 1 aromatic carbocycles. The molecule has 0 radical (unpaired) electrons. The van der Waals surface area contributed by atoms with Gasteiger partial charge in [-0.1, -0.05) is 30.3 Å². The number of primary sulfonamides is 1. The number of carbonyl (C=O) groups is 1. The normalized spacial score (nSPS) is 10.9. The molecule has 0 aliphatic carbocycles. The highest BCUT2D eigenvalue weighted by Crippen LogP contribution is 2.00. The van der Waals surface area contributed by atoms with Crippen LogP contribution in [0.3, 0.4) is 0 Å². The van der Waals surface area contributed by atoms with Crippen LogP contribution in [0.15, 0.2) is 30.3 Å². The van der Waals surface area contributed by atoms with E-state index in [0.29, 0.717) is 0 Å². The Kier molecular flexibility index (Phi) is 4.92. The van der Waals surface area contributed by atoms with Gasteiger partial charge >= 0.3 is 6.09 Å². The summed E-state index contributed by atoms with van der Waals surface area (Å²) in [4.78, 5) is 11.1. The predicted molar refractivity (Wildman–Crippen MR) is 62.6 cm³/mol. The molecular formula is C10H14N2O4S. The molecule has 0 unspecified atom stereocenters. The zero-order valence-electron chi connectivity index (χ0n) is 9.13. The van der Waals surface area contributed by atoms with Crippen LogP contribution >= 0.6 is 0 Å². The fraction of sp³-hybridized carbons (Fsp3) is 0.300. The van der Waals surface area contributed by atoms with Gasteiger partial charge in [-0.25, -0.2) is 18.4 Å². The average Bonchev–Trinajstić information content (AvgIpc) is 2.26. The van der Waals surface area contributed by atoms with Crippen molar-refractivity contribution in [2.24, 2.45) is 5.14 Å². The van der Waals surface area contributed by atoms with Crippen molar-refractivity contribution >= 4 is 16.1 Å². The van der Waals surface area contributed by atoms with Crippen LogP contribution in [0.2, 0.25) is 0 Å². The molecule has 0 aliphatic heterocycles. The summed E-state index contributed by atoms with van der Waals surface area (Å²) < 4.78 is 26.0. The first-order valence-corrected chi connectivity index (χ1v) is 6.64. The Labute approximate surface area is 99.8 Å². The molecule has 6 nitrogen and oxygen atoms in total. The Hall–Kier alpha value is -1.60. The van der Waals surface area contributed by atoms with Crippen molar-refractivity contribution < 1.29 is 17.9 Å². The molecule has 0 bridgehead atoms. The number of amides is 1. The molecule has 0 fully saturated rings. The van der Waals surface area contributed by atoms with Crippen molar-refractivity contribution in [3.8, 4) is 0 Å². The van der Waals surface area contributed by atoms with Crippen LogP contribution in [0, 0.1) is 0 Å². The maximum atomic E-state index is 11.1. The van der Waals surface area contributed by atoms with Crippen LogP contribution in [0.4, 0.5) is 4.79 Å². The van der Waals surface area contributed by atoms with Gasteiger partial charge in [-0.2, -0.15) is 0 Å². The molecular weight excluding hydrogens is 244 g/mol. The van der Waals surface area contributed by atoms with Crippen molar-refractivity contribution in [3.05, 3.63) is 35.9 Å². The minimum atomic E-state index is -3.56.